The molecule has 1 fully saturated rings. The minimum Gasteiger partial charge on any atom is -0.339 e. The third-order valence-electron chi connectivity index (χ3n) is 3.10. The third kappa shape index (κ3) is 2.32. The fourth-order valence-corrected chi connectivity index (χ4v) is 1.93. The summed E-state index contributed by atoms with van der Waals surface area (Å²) < 4.78 is 5.13. The van der Waals surface area contributed by atoms with Crippen LogP contribution in [0.1, 0.15) is 24.3 Å². The summed E-state index contributed by atoms with van der Waals surface area (Å²) in [4.78, 5) is 15.9. The normalized spacial score (nSPS) is 14.7. The van der Waals surface area contributed by atoms with Crippen LogP contribution in [0.5, 0.6) is 0 Å². The number of carbonyl (C=O) groups is 1. The molecule has 0 spiro atoms. The van der Waals surface area contributed by atoms with E-state index in [0.29, 0.717) is 11.7 Å². The van der Waals surface area contributed by atoms with Gasteiger partial charge in [-0.1, -0.05) is 28.9 Å². The number of aromatic nitrogens is 2. The standard InChI is InChI=1S/C14H14N2O2/c1-9-3-2-4-11(7-9)14-15-13(18-16-14)8-12(17)10-5-6-10/h2-4,7,10H,5-6,8H2,1H3. The lowest BCUT2D eigenvalue weighted by Crippen LogP contribution is -2.04. The lowest BCUT2D eigenvalue weighted by Gasteiger charge is -1.95. The molecule has 0 unspecified atom stereocenters. The zero-order valence-electron chi connectivity index (χ0n) is 10.2. The first-order valence-electron chi connectivity index (χ1n) is 6.15. The summed E-state index contributed by atoms with van der Waals surface area (Å²) >= 11 is 0. The van der Waals surface area contributed by atoms with Gasteiger partial charge in [0.05, 0.1) is 6.42 Å². The van der Waals surface area contributed by atoms with E-state index in [1.807, 2.05) is 31.2 Å². The van der Waals surface area contributed by atoms with Crippen molar-refractivity contribution in [1.29, 1.82) is 0 Å². The summed E-state index contributed by atoms with van der Waals surface area (Å²) in [6.45, 7) is 2.01. The maximum Gasteiger partial charge on any atom is 0.234 e. The second kappa shape index (κ2) is 4.37. The van der Waals surface area contributed by atoms with Gasteiger partial charge < -0.3 is 4.52 Å². The van der Waals surface area contributed by atoms with Crippen LogP contribution in [-0.2, 0) is 11.2 Å². The maximum atomic E-state index is 11.6. The molecule has 0 saturated heterocycles. The minimum atomic E-state index is 0.217. The van der Waals surface area contributed by atoms with Crippen LogP contribution < -0.4 is 0 Å². The van der Waals surface area contributed by atoms with Crippen molar-refractivity contribution < 1.29 is 9.32 Å². The monoisotopic (exact) mass is 242 g/mol. The van der Waals surface area contributed by atoms with E-state index in [1.165, 1.54) is 0 Å². The number of hydrogen-bond acceptors (Lipinski definition) is 4. The SMILES string of the molecule is Cc1cccc(-c2noc(CC(=O)C3CC3)n2)c1. The maximum absolute atomic E-state index is 11.6. The number of ketones is 1. The van der Waals surface area contributed by atoms with Crippen molar-refractivity contribution in [3.8, 4) is 11.4 Å². The molecule has 1 saturated carbocycles. The van der Waals surface area contributed by atoms with Gasteiger partial charge in [-0.3, -0.25) is 4.79 Å². The minimum absolute atomic E-state index is 0.217. The zero-order valence-corrected chi connectivity index (χ0v) is 10.2. The van der Waals surface area contributed by atoms with Crippen LogP contribution in [0, 0.1) is 12.8 Å². The number of carbonyl (C=O) groups excluding carboxylic acids is 1. The Bertz CT molecular complexity index is 585. The molecule has 0 N–H and O–H groups in total. The van der Waals surface area contributed by atoms with Gasteiger partial charge in [-0.2, -0.15) is 4.98 Å². The molecule has 0 amide bonds. The predicted molar refractivity (Wildman–Crippen MR) is 65.9 cm³/mol. The van der Waals surface area contributed by atoms with E-state index in [9.17, 15) is 4.79 Å². The van der Waals surface area contributed by atoms with Crippen molar-refractivity contribution in [3.63, 3.8) is 0 Å². The van der Waals surface area contributed by atoms with E-state index >= 15 is 0 Å². The lowest BCUT2D eigenvalue weighted by atomic mass is 10.1. The molecular formula is C14H14N2O2. The van der Waals surface area contributed by atoms with Gasteiger partial charge in [0.2, 0.25) is 11.7 Å². The average Bonchev–Trinajstić information content (AvgIpc) is 3.10. The molecule has 4 nitrogen and oxygen atoms in total. The Balaban J connectivity index is 1.78. The fraction of sp³-hybridized carbons (Fsp3) is 0.357. The first-order valence-corrected chi connectivity index (χ1v) is 6.15. The highest BCUT2D eigenvalue weighted by Crippen LogP contribution is 2.30. The van der Waals surface area contributed by atoms with Crippen molar-refractivity contribution in [2.24, 2.45) is 5.92 Å². The lowest BCUT2D eigenvalue weighted by molar-refractivity contribution is -0.119. The molecular weight excluding hydrogens is 228 g/mol. The molecule has 0 atom stereocenters. The van der Waals surface area contributed by atoms with Crippen LogP contribution in [-0.4, -0.2) is 15.9 Å². The molecule has 0 bridgehead atoms. The van der Waals surface area contributed by atoms with Crippen LogP contribution >= 0.6 is 0 Å². The van der Waals surface area contributed by atoms with E-state index in [-0.39, 0.29) is 18.1 Å². The zero-order chi connectivity index (χ0) is 12.5. The molecule has 1 aliphatic rings. The summed E-state index contributed by atoms with van der Waals surface area (Å²) in [7, 11) is 0. The Morgan fingerprint density at radius 3 is 3.00 bits per heavy atom. The second-order valence-electron chi connectivity index (χ2n) is 4.80. The summed E-state index contributed by atoms with van der Waals surface area (Å²) in [6, 6.07) is 7.90. The first-order chi connectivity index (χ1) is 8.72. The molecule has 1 aromatic carbocycles. The van der Waals surface area contributed by atoms with E-state index < -0.39 is 0 Å². The highest BCUT2D eigenvalue weighted by atomic mass is 16.5. The highest BCUT2D eigenvalue weighted by molar-refractivity contribution is 5.84. The van der Waals surface area contributed by atoms with Crippen LogP contribution in [0.15, 0.2) is 28.8 Å². The molecule has 1 heterocycles. The van der Waals surface area contributed by atoms with Gasteiger partial charge in [0, 0.05) is 11.5 Å². The Labute approximate surface area is 105 Å². The summed E-state index contributed by atoms with van der Waals surface area (Å²) in [5.41, 5.74) is 2.07. The van der Waals surface area contributed by atoms with Gasteiger partial charge in [0.25, 0.3) is 0 Å². The Hall–Kier alpha value is -1.97. The van der Waals surface area contributed by atoms with Crippen molar-refractivity contribution in [2.75, 3.05) is 0 Å². The number of Topliss-reactive ketones (excluding diaryl/α,β-unsaturated/α-hetero) is 1. The number of hydrogen-bond donors (Lipinski definition) is 0. The molecule has 1 aliphatic carbocycles. The van der Waals surface area contributed by atoms with Crippen molar-refractivity contribution in [2.45, 2.75) is 26.2 Å². The van der Waals surface area contributed by atoms with E-state index in [4.69, 9.17) is 4.52 Å². The first kappa shape index (κ1) is 11.1. The topological polar surface area (TPSA) is 56.0 Å². The summed E-state index contributed by atoms with van der Waals surface area (Å²) in [5.74, 6) is 1.43. The average molecular weight is 242 g/mol. The summed E-state index contributed by atoms with van der Waals surface area (Å²) in [6.07, 6.45) is 2.29. The van der Waals surface area contributed by atoms with Gasteiger partial charge in [-0.25, -0.2) is 0 Å². The van der Waals surface area contributed by atoms with Gasteiger partial charge in [-0.15, -0.1) is 0 Å². The molecule has 0 aliphatic heterocycles. The Kier molecular flexibility index (Phi) is 2.70. The van der Waals surface area contributed by atoms with Crippen LogP contribution in [0.3, 0.4) is 0 Å². The van der Waals surface area contributed by atoms with Crippen molar-refractivity contribution in [1.82, 2.24) is 10.1 Å². The van der Waals surface area contributed by atoms with Crippen LogP contribution in [0.4, 0.5) is 0 Å². The molecule has 3 rings (SSSR count). The number of aryl methyl sites for hydroxylation is 1. The third-order valence-corrected chi connectivity index (χ3v) is 3.10. The van der Waals surface area contributed by atoms with Crippen LogP contribution in [0.2, 0.25) is 0 Å². The number of nitrogens with zero attached hydrogens (tertiary/aromatic N) is 2. The second-order valence-corrected chi connectivity index (χ2v) is 4.80. The molecule has 4 heteroatoms. The predicted octanol–water partition coefficient (Wildman–Crippen LogP) is 2.57. The van der Waals surface area contributed by atoms with Gasteiger partial charge >= 0.3 is 0 Å². The quantitative estimate of drug-likeness (QED) is 0.826. The van der Waals surface area contributed by atoms with E-state index in [0.717, 1.165) is 24.0 Å². The number of rotatable bonds is 4. The Morgan fingerprint density at radius 1 is 1.44 bits per heavy atom. The smallest absolute Gasteiger partial charge is 0.234 e. The van der Waals surface area contributed by atoms with Crippen molar-refractivity contribution >= 4 is 5.78 Å². The van der Waals surface area contributed by atoms with Crippen LogP contribution in [0.25, 0.3) is 11.4 Å². The molecule has 0 radical (unpaired) electrons. The Morgan fingerprint density at radius 2 is 2.28 bits per heavy atom. The molecule has 92 valence electrons. The molecule has 1 aromatic heterocycles. The summed E-state index contributed by atoms with van der Waals surface area (Å²) in [5, 5.41) is 3.92. The highest BCUT2D eigenvalue weighted by Gasteiger charge is 2.30. The van der Waals surface area contributed by atoms with E-state index in [1.54, 1.807) is 0 Å². The largest absolute Gasteiger partial charge is 0.339 e. The molecule has 18 heavy (non-hydrogen) atoms. The molecule has 2 aromatic rings. The fourth-order valence-electron chi connectivity index (χ4n) is 1.93. The van der Waals surface area contributed by atoms with E-state index in [2.05, 4.69) is 10.1 Å². The van der Waals surface area contributed by atoms with Gasteiger partial charge in [0.15, 0.2) is 0 Å². The van der Waals surface area contributed by atoms with Gasteiger partial charge in [-0.05, 0) is 25.8 Å². The van der Waals surface area contributed by atoms with Gasteiger partial charge in [0.1, 0.15) is 5.78 Å². The number of benzene rings is 1. The van der Waals surface area contributed by atoms with Crippen molar-refractivity contribution in [3.05, 3.63) is 35.7 Å².